The molecule has 0 saturated heterocycles. The van der Waals surface area contributed by atoms with Gasteiger partial charge in [-0.25, -0.2) is 0 Å². The molecule has 2 aromatic rings. The van der Waals surface area contributed by atoms with Gasteiger partial charge in [-0.05, 0) is 30.7 Å². The lowest BCUT2D eigenvalue weighted by Crippen LogP contribution is -1.92. The predicted molar refractivity (Wildman–Crippen MR) is 72.2 cm³/mol. The van der Waals surface area contributed by atoms with Crippen molar-refractivity contribution in [1.29, 1.82) is 0 Å². The normalized spacial score (nSPS) is 10.6. The highest BCUT2D eigenvalue weighted by atomic mass is 16.5. The summed E-state index contributed by atoms with van der Waals surface area (Å²) >= 11 is 0. The van der Waals surface area contributed by atoms with Crippen LogP contribution in [0.15, 0.2) is 60.7 Å². The largest absolute Gasteiger partial charge is 0.490 e. The maximum absolute atomic E-state index is 5.60. The molecule has 0 fully saturated rings. The molecule has 0 aliphatic carbocycles. The molecule has 2 aromatic carbocycles. The molecule has 2 rings (SSSR count). The molecule has 0 bridgehead atoms. The number of ether oxygens (including phenoxy) is 1. The van der Waals surface area contributed by atoms with E-state index in [4.69, 9.17) is 4.74 Å². The van der Waals surface area contributed by atoms with E-state index in [1.165, 1.54) is 11.1 Å². The molecule has 0 spiro atoms. The lowest BCUT2D eigenvalue weighted by atomic mass is 10.2. The van der Waals surface area contributed by atoms with Gasteiger partial charge in [0.1, 0.15) is 12.4 Å². The second-order valence-electron chi connectivity index (χ2n) is 3.94. The highest BCUT2D eigenvalue weighted by Gasteiger charge is 1.90. The van der Waals surface area contributed by atoms with Crippen LogP contribution >= 0.6 is 0 Å². The fourth-order valence-corrected chi connectivity index (χ4v) is 1.53. The summed E-state index contributed by atoms with van der Waals surface area (Å²) in [7, 11) is 0. The third-order valence-electron chi connectivity index (χ3n) is 2.48. The molecule has 1 heteroatoms. The highest BCUT2D eigenvalue weighted by molar-refractivity contribution is 5.48. The van der Waals surface area contributed by atoms with Crippen LogP contribution in [0.1, 0.15) is 11.1 Å². The van der Waals surface area contributed by atoms with E-state index in [0.29, 0.717) is 6.61 Å². The van der Waals surface area contributed by atoms with Crippen LogP contribution in [-0.2, 0) is 0 Å². The molecule has 0 unspecified atom stereocenters. The van der Waals surface area contributed by atoms with Crippen molar-refractivity contribution in [2.75, 3.05) is 6.61 Å². The van der Waals surface area contributed by atoms with Gasteiger partial charge in [0.2, 0.25) is 0 Å². The lowest BCUT2D eigenvalue weighted by Gasteiger charge is -2.02. The summed E-state index contributed by atoms with van der Waals surface area (Å²) in [5, 5.41) is 0. The first-order chi connectivity index (χ1) is 8.34. The van der Waals surface area contributed by atoms with Gasteiger partial charge in [0, 0.05) is 0 Å². The Hall–Kier alpha value is -2.02. The molecule has 0 radical (unpaired) electrons. The average Bonchev–Trinajstić information content (AvgIpc) is 2.38. The van der Waals surface area contributed by atoms with Gasteiger partial charge < -0.3 is 4.74 Å². The Labute approximate surface area is 102 Å². The Kier molecular flexibility index (Phi) is 3.98. The van der Waals surface area contributed by atoms with Crippen LogP contribution in [0.2, 0.25) is 0 Å². The fraction of sp³-hybridized carbons (Fsp3) is 0.125. The monoisotopic (exact) mass is 224 g/mol. The minimum absolute atomic E-state index is 0.595. The zero-order valence-electron chi connectivity index (χ0n) is 9.97. The number of aryl methyl sites for hydroxylation is 1. The second-order valence-corrected chi connectivity index (χ2v) is 3.94. The van der Waals surface area contributed by atoms with Gasteiger partial charge >= 0.3 is 0 Å². The highest BCUT2D eigenvalue weighted by Crippen LogP contribution is 2.11. The van der Waals surface area contributed by atoms with Crippen molar-refractivity contribution >= 4 is 6.08 Å². The molecular formula is C16H16O. The number of hydrogen-bond acceptors (Lipinski definition) is 1. The molecule has 86 valence electrons. The molecule has 1 nitrogen and oxygen atoms in total. The van der Waals surface area contributed by atoms with Crippen LogP contribution in [-0.4, -0.2) is 6.61 Å². The van der Waals surface area contributed by atoms with Crippen LogP contribution in [0.25, 0.3) is 6.08 Å². The van der Waals surface area contributed by atoms with Crippen molar-refractivity contribution in [3.63, 3.8) is 0 Å². The maximum atomic E-state index is 5.60. The number of hydrogen-bond donors (Lipinski definition) is 0. The van der Waals surface area contributed by atoms with Crippen LogP contribution in [0, 0.1) is 6.92 Å². The fourth-order valence-electron chi connectivity index (χ4n) is 1.53. The van der Waals surface area contributed by atoms with Gasteiger partial charge in [-0.2, -0.15) is 0 Å². The van der Waals surface area contributed by atoms with Crippen molar-refractivity contribution in [1.82, 2.24) is 0 Å². The standard InChI is InChI=1S/C16H16O/c1-14-9-11-16(12-10-14)17-13-5-8-15-6-3-2-4-7-15/h2-12H,13H2,1H3/b8-5+. The Bertz CT molecular complexity index is 469. The molecule has 0 amide bonds. The summed E-state index contributed by atoms with van der Waals surface area (Å²) in [5.74, 6) is 0.910. The van der Waals surface area contributed by atoms with Gasteiger partial charge in [0.15, 0.2) is 0 Å². The summed E-state index contributed by atoms with van der Waals surface area (Å²) in [6, 6.07) is 18.3. The van der Waals surface area contributed by atoms with Crippen LogP contribution in [0.4, 0.5) is 0 Å². The first-order valence-electron chi connectivity index (χ1n) is 5.76. The van der Waals surface area contributed by atoms with E-state index < -0.39 is 0 Å². The van der Waals surface area contributed by atoms with E-state index in [1.807, 2.05) is 36.4 Å². The first kappa shape index (κ1) is 11.5. The molecule has 0 atom stereocenters. The van der Waals surface area contributed by atoms with Crippen LogP contribution in [0.3, 0.4) is 0 Å². The smallest absolute Gasteiger partial charge is 0.119 e. The van der Waals surface area contributed by atoms with Crippen molar-refractivity contribution in [3.8, 4) is 5.75 Å². The van der Waals surface area contributed by atoms with E-state index >= 15 is 0 Å². The Balaban J connectivity index is 1.84. The number of rotatable bonds is 4. The summed E-state index contributed by atoms with van der Waals surface area (Å²) in [6.45, 7) is 2.66. The van der Waals surface area contributed by atoms with Gasteiger partial charge in [0.25, 0.3) is 0 Å². The molecule has 0 aliphatic heterocycles. The van der Waals surface area contributed by atoms with Gasteiger partial charge in [0.05, 0.1) is 0 Å². The Morgan fingerprint density at radius 2 is 1.65 bits per heavy atom. The van der Waals surface area contributed by atoms with E-state index in [2.05, 4.69) is 37.3 Å². The topological polar surface area (TPSA) is 9.23 Å². The summed E-state index contributed by atoms with van der Waals surface area (Å²) in [5.41, 5.74) is 2.44. The maximum Gasteiger partial charge on any atom is 0.119 e. The van der Waals surface area contributed by atoms with E-state index in [-0.39, 0.29) is 0 Å². The molecule has 0 N–H and O–H groups in total. The minimum Gasteiger partial charge on any atom is -0.490 e. The lowest BCUT2D eigenvalue weighted by molar-refractivity contribution is 0.363. The Morgan fingerprint density at radius 1 is 0.941 bits per heavy atom. The van der Waals surface area contributed by atoms with Crippen LogP contribution < -0.4 is 4.74 Å². The molecule has 17 heavy (non-hydrogen) atoms. The molecule has 0 aliphatic rings. The predicted octanol–water partition coefficient (Wildman–Crippen LogP) is 4.09. The van der Waals surface area contributed by atoms with Gasteiger partial charge in [-0.3, -0.25) is 0 Å². The second kappa shape index (κ2) is 5.90. The van der Waals surface area contributed by atoms with Gasteiger partial charge in [-0.1, -0.05) is 54.1 Å². The summed E-state index contributed by atoms with van der Waals surface area (Å²) in [4.78, 5) is 0. The van der Waals surface area contributed by atoms with Gasteiger partial charge in [-0.15, -0.1) is 0 Å². The molecule has 0 saturated carbocycles. The quantitative estimate of drug-likeness (QED) is 0.760. The van der Waals surface area contributed by atoms with Crippen LogP contribution in [0.5, 0.6) is 5.75 Å². The van der Waals surface area contributed by atoms with E-state index in [9.17, 15) is 0 Å². The molecule has 0 aromatic heterocycles. The zero-order valence-corrected chi connectivity index (χ0v) is 9.97. The Morgan fingerprint density at radius 3 is 2.35 bits per heavy atom. The first-order valence-corrected chi connectivity index (χ1v) is 5.76. The third-order valence-corrected chi connectivity index (χ3v) is 2.48. The average molecular weight is 224 g/mol. The third kappa shape index (κ3) is 3.80. The van der Waals surface area contributed by atoms with Crippen molar-refractivity contribution in [2.24, 2.45) is 0 Å². The minimum atomic E-state index is 0.595. The SMILES string of the molecule is Cc1ccc(OC/C=C/c2ccccc2)cc1. The van der Waals surface area contributed by atoms with Crippen molar-refractivity contribution in [3.05, 3.63) is 71.8 Å². The van der Waals surface area contributed by atoms with E-state index in [1.54, 1.807) is 0 Å². The molecular weight excluding hydrogens is 208 g/mol. The van der Waals surface area contributed by atoms with Crippen molar-refractivity contribution in [2.45, 2.75) is 6.92 Å². The van der Waals surface area contributed by atoms with E-state index in [0.717, 1.165) is 5.75 Å². The summed E-state index contributed by atoms with van der Waals surface area (Å²) in [6.07, 6.45) is 4.09. The number of benzene rings is 2. The van der Waals surface area contributed by atoms with Crippen molar-refractivity contribution < 1.29 is 4.74 Å². The zero-order chi connectivity index (χ0) is 11.9. The summed E-state index contributed by atoms with van der Waals surface area (Å²) < 4.78 is 5.60. The molecule has 0 heterocycles.